The summed E-state index contributed by atoms with van der Waals surface area (Å²) in [5, 5.41) is 0.0304. The van der Waals surface area contributed by atoms with Crippen LogP contribution in [0.25, 0.3) is 0 Å². The van der Waals surface area contributed by atoms with E-state index in [0.29, 0.717) is 24.3 Å². The van der Waals surface area contributed by atoms with Crippen molar-refractivity contribution in [3.8, 4) is 0 Å². The molecule has 0 aromatic heterocycles. The van der Waals surface area contributed by atoms with Gasteiger partial charge in [0.25, 0.3) is 0 Å². The molecule has 0 bridgehead atoms. The number of nitrogens with zero attached hydrogens (tertiary/aromatic N) is 2. The van der Waals surface area contributed by atoms with Gasteiger partial charge in [0.15, 0.2) is 11.0 Å². The zero-order valence-electron chi connectivity index (χ0n) is 21.3. The van der Waals surface area contributed by atoms with E-state index in [0.717, 1.165) is 4.90 Å². The molecule has 2 atom stereocenters. The molecule has 2 unspecified atom stereocenters. The molecule has 2 heterocycles. The Bertz CT molecular complexity index is 1020. The molecule has 0 radical (unpaired) electrons. The number of benzene rings is 1. The third-order valence-electron chi connectivity index (χ3n) is 5.50. The van der Waals surface area contributed by atoms with Crippen molar-refractivity contribution in [1.29, 1.82) is 0 Å². The lowest BCUT2D eigenvalue weighted by atomic mass is 9.76. The van der Waals surface area contributed by atoms with Gasteiger partial charge in [0, 0.05) is 29.4 Å². The van der Waals surface area contributed by atoms with Crippen LogP contribution in [-0.2, 0) is 19.7 Å². The van der Waals surface area contributed by atoms with E-state index in [4.69, 9.17) is 19.2 Å². The molecule has 0 N–H and O–H groups in total. The van der Waals surface area contributed by atoms with Crippen LogP contribution < -0.4 is 0 Å². The zero-order valence-corrected chi connectivity index (χ0v) is 22.1. The number of amidine groups is 1. The van der Waals surface area contributed by atoms with Gasteiger partial charge in [-0.1, -0.05) is 11.8 Å². The molecular formula is C25H33FN2O6S. The number of fused-ring (bicyclic) bond motifs is 1. The van der Waals surface area contributed by atoms with E-state index >= 15 is 4.39 Å². The summed E-state index contributed by atoms with van der Waals surface area (Å²) in [6.07, 6.45) is -1.28. The molecule has 192 valence electrons. The van der Waals surface area contributed by atoms with Gasteiger partial charge in [-0.15, -0.1) is 0 Å². The summed E-state index contributed by atoms with van der Waals surface area (Å²) in [5.41, 5.74) is -2.45. The third-order valence-corrected chi connectivity index (χ3v) is 6.60. The van der Waals surface area contributed by atoms with E-state index < -0.39 is 34.7 Å². The monoisotopic (exact) mass is 508 g/mol. The van der Waals surface area contributed by atoms with Crippen LogP contribution in [0.1, 0.15) is 70.8 Å². The van der Waals surface area contributed by atoms with E-state index in [-0.39, 0.29) is 29.0 Å². The van der Waals surface area contributed by atoms with Crippen LogP contribution in [0.2, 0.25) is 0 Å². The van der Waals surface area contributed by atoms with E-state index in [1.54, 1.807) is 41.5 Å². The van der Waals surface area contributed by atoms with Crippen LogP contribution in [-0.4, -0.2) is 58.2 Å². The number of ether oxygens (including phenoxy) is 3. The minimum absolute atomic E-state index is 0.0304. The summed E-state index contributed by atoms with van der Waals surface area (Å²) in [6.45, 7) is 12.0. The van der Waals surface area contributed by atoms with Gasteiger partial charge >= 0.3 is 12.2 Å². The first-order chi connectivity index (χ1) is 16.1. The highest BCUT2D eigenvalue weighted by atomic mass is 32.2. The molecule has 0 aliphatic carbocycles. The van der Waals surface area contributed by atoms with E-state index in [1.807, 2.05) is 0 Å². The first-order valence-corrected chi connectivity index (χ1v) is 12.5. The maximum absolute atomic E-state index is 15.2. The van der Waals surface area contributed by atoms with Crippen LogP contribution in [0.3, 0.4) is 0 Å². The Labute approximate surface area is 209 Å². The highest BCUT2D eigenvalue weighted by molar-refractivity contribution is 8.13. The normalized spacial score (nSPS) is 22.5. The average Bonchev–Trinajstić information content (AvgIpc) is 2.71. The Morgan fingerprint density at radius 3 is 2.26 bits per heavy atom. The molecule has 0 spiro atoms. The number of hydrogen-bond donors (Lipinski definition) is 0. The van der Waals surface area contributed by atoms with Gasteiger partial charge in [-0.2, -0.15) is 4.90 Å². The van der Waals surface area contributed by atoms with Crippen molar-refractivity contribution in [3.63, 3.8) is 0 Å². The largest absolute Gasteiger partial charge is 0.443 e. The van der Waals surface area contributed by atoms with Crippen LogP contribution >= 0.6 is 11.8 Å². The Kier molecular flexibility index (Phi) is 7.67. The predicted molar refractivity (Wildman–Crippen MR) is 131 cm³/mol. The summed E-state index contributed by atoms with van der Waals surface area (Å²) < 4.78 is 31.9. The van der Waals surface area contributed by atoms with Crippen molar-refractivity contribution in [2.75, 3.05) is 19.0 Å². The van der Waals surface area contributed by atoms with Gasteiger partial charge in [-0.25, -0.2) is 19.0 Å². The van der Waals surface area contributed by atoms with Crippen molar-refractivity contribution < 1.29 is 33.0 Å². The summed E-state index contributed by atoms with van der Waals surface area (Å²) in [5.74, 6) is -0.439. The molecular weight excluding hydrogens is 475 g/mol. The molecule has 0 saturated carbocycles. The highest BCUT2D eigenvalue weighted by Gasteiger charge is 2.50. The Balaban J connectivity index is 2.16. The summed E-state index contributed by atoms with van der Waals surface area (Å²) >= 11 is 1.20. The fourth-order valence-corrected chi connectivity index (χ4v) is 5.23. The number of thioether (sulfide) groups is 1. The number of rotatable bonds is 2. The number of amides is 2. The summed E-state index contributed by atoms with van der Waals surface area (Å²) in [7, 11) is 0. The van der Waals surface area contributed by atoms with Gasteiger partial charge < -0.3 is 14.2 Å². The lowest BCUT2D eigenvalue weighted by molar-refractivity contribution is 0.000287. The van der Waals surface area contributed by atoms with Crippen molar-refractivity contribution in [1.82, 2.24) is 4.90 Å². The molecule has 35 heavy (non-hydrogen) atoms. The smallest absolute Gasteiger partial charge is 0.426 e. The van der Waals surface area contributed by atoms with Crippen LogP contribution in [0, 0.1) is 11.7 Å². The lowest BCUT2D eigenvalue weighted by Gasteiger charge is -2.45. The van der Waals surface area contributed by atoms with Crippen molar-refractivity contribution in [2.45, 2.75) is 71.6 Å². The van der Waals surface area contributed by atoms with Gasteiger partial charge in [-0.3, -0.25) is 4.79 Å². The molecule has 8 nitrogen and oxygen atoms in total. The molecule has 1 aromatic rings. The number of hydrogen-bond acceptors (Lipinski definition) is 8. The van der Waals surface area contributed by atoms with Crippen LogP contribution in [0.15, 0.2) is 23.2 Å². The molecule has 3 rings (SSSR count). The molecule has 1 aromatic carbocycles. The SMILES string of the molecule is CC(=O)c1ccc(F)c(C23COCCC2CSC(N(C(=O)OC(C)(C)C)C(=O)OC(C)(C)C)=N3)c1. The molecule has 1 saturated heterocycles. The second-order valence-electron chi connectivity index (χ2n) is 10.7. The van der Waals surface area contributed by atoms with Gasteiger partial charge in [0.2, 0.25) is 0 Å². The summed E-state index contributed by atoms with van der Waals surface area (Å²) in [4.78, 5) is 43.9. The standard InChI is InChI=1S/C25H33FN2O6S/c1-15(29)16-8-9-19(26)18(12-16)25-14-32-11-10-17(25)13-35-20(27-25)28(21(30)33-23(2,3)4)22(31)34-24(5,6)7/h8-9,12,17H,10-11,13-14H2,1-7H3. The minimum Gasteiger partial charge on any atom is -0.443 e. The minimum atomic E-state index is -1.23. The topological polar surface area (TPSA) is 94.5 Å². The van der Waals surface area contributed by atoms with Gasteiger partial charge in [0.05, 0.1) is 6.61 Å². The quantitative estimate of drug-likeness (QED) is 0.485. The lowest BCUT2D eigenvalue weighted by Crippen LogP contribution is -2.52. The Hall–Kier alpha value is -2.46. The second-order valence-corrected chi connectivity index (χ2v) is 11.7. The maximum atomic E-state index is 15.2. The number of carbonyl (C=O) groups excluding carboxylic acids is 3. The number of Topliss-reactive ketones (excluding diaryl/α,β-unsaturated/α-hetero) is 1. The zero-order chi connectivity index (χ0) is 26.2. The fraction of sp³-hybridized carbons (Fsp3) is 0.600. The third kappa shape index (κ3) is 6.22. The Morgan fingerprint density at radius 2 is 1.71 bits per heavy atom. The van der Waals surface area contributed by atoms with Crippen molar-refractivity contribution in [2.24, 2.45) is 10.9 Å². The average molecular weight is 509 g/mol. The molecule has 2 amide bonds. The number of aliphatic imine (C=N–C) groups is 1. The Morgan fingerprint density at radius 1 is 1.11 bits per heavy atom. The maximum Gasteiger partial charge on any atom is 0.426 e. The van der Waals surface area contributed by atoms with Gasteiger partial charge in [0.1, 0.15) is 22.6 Å². The summed E-state index contributed by atoms with van der Waals surface area (Å²) in [6, 6.07) is 4.15. The number of carbonyl (C=O) groups is 3. The molecule has 10 heteroatoms. The molecule has 1 fully saturated rings. The van der Waals surface area contributed by atoms with E-state index in [9.17, 15) is 14.4 Å². The molecule has 2 aliphatic heterocycles. The first-order valence-electron chi connectivity index (χ1n) is 11.5. The second kappa shape index (κ2) is 9.89. The predicted octanol–water partition coefficient (Wildman–Crippen LogP) is 5.54. The van der Waals surface area contributed by atoms with Crippen molar-refractivity contribution in [3.05, 3.63) is 35.1 Å². The van der Waals surface area contributed by atoms with Gasteiger partial charge in [-0.05, 0) is 73.1 Å². The van der Waals surface area contributed by atoms with Crippen molar-refractivity contribution >= 4 is 34.9 Å². The number of imide groups is 1. The van der Waals surface area contributed by atoms with Crippen LogP contribution in [0.5, 0.6) is 0 Å². The van der Waals surface area contributed by atoms with E-state index in [2.05, 4.69) is 0 Å². The first kappa shape index (κ1) is 27.1. The fourth-order valence-electron chi connectivity index (χ4n) is 3.93. The number of ketones is 1. The molecule has 2 aliphatic rings. The van der Waals surface area contributed by atoms with E-state index in [1.165, 1.54) is 36.9 Å². The number of halogens is 1. The highest BCUT2D eigenvalue weighted by Crippen LogP contribution is 2.46. The van der Waals surface area contributed by atoms with Crippen LogP contribution in [0.4, 0.5) is 14.0 Å².